The van der Waals surface area contributed by atoms with Gasteiger partial charge in [-0.15, -0.1) is 0 Å². The third kappa shape index (κ3) is 2.67. The highest BCUT2D eigenvalue weighted by Gasteiger charge is 2.28. The van der Waals surface area contributed by atoms with Crippen LogP contribution in [-0.2, 0) is 10.0 Å². The average Bonchev–Trinajstić information content (AvgIpc) is 2.26. The minimum absolute atomic E-state index is 0.0404. The molecule has 1 aromatic rings. The number of sulfonamides is 1. The second-order valence-electron chi connectivity index (χ2n) is 4.62. The summed E-state index contributed by atoms with van der Waals surface area (Å²) in [5, 5.41) is 0. The molecule has 1 saturated carbocycles. The van der Waals surface area contributed by atoms with Crippen LogP contribution in [-0.4, -0.2) is 31.3 Å². The average molecular weight is 334 g/mol. The fraction of sp³-hybridized carbons (Fsp3) is 0.545. The Morgan fingerprint density at radius 1 is 1.56 bits per heavy atom. The number of pyridine rings is 1. The first-order valence-electron chi connectivity index (χ1n) is 5.78. The van der Waals surface area contributed by atoms with Gasteiger partial charge < -0.3 is 5.73 Å². The summed E-state index contributed by atoms with van der Waals surface area (Å²) < 4.78 is 26.7. The van der Waals surface area contributed by atoms with Gasteiger partial charge in [0, 0.05) is 24.3 Å². The second-order valence-corrected chi connectivity index (χ2v) is 7.55. The predicted molar refractivity (Wildman–Crippen MR) is 73.5 cm³/mol. The molecule has 0 aromatic carbocycles. The minimum atomic E-state index is -3.55. The minimum Gasteiger partial charge on any atom is -0.383 e. The number of halogens is 1. The van der Waals surface area contributed by atoms with E-state index in [0.717, 1.165) is 12.8 Å². The predicted octanol–water partition coefficient (Wildman–Crippen LogP) is 1.85. The summed E-state index contributed by atoms with van der Waals surface area (Å²) >= 11 is 3.21. The van der Waals surface area contributed by atoms with Crippen LogP contribution in [0.5, 0.6) is 0 Å². The first kappa shape index (κ1) is 13.8. The first-order chi connectivity index (χ1) is 8.41. The van der Waals surface area contributed by atoms with Crippen LogP contribution in [0.1, 0.15) is 19.3 Å². The van der Waals surface area contributed by atoms with E-state index >= 15 is 0 Å². The highest BCUT2D eigenvalue weighted by molar-refractivity contribution is 9.10. The van der Waals surface area contributed by atoms with Gasteiger partial charge in [0.1, 0.15) is 10.7 Å². The number of hydrogen-bond donors (Lipinski definition) is 1. The van der Waals surface area contributed by atoms with Crippen molar-refractivity contribution in [2.75, 3.05) is 19.3 Å². The topological polar surface area (TPSA) is 76.3 Å². The second kappa shape index (κ2) is 5.14. The molecule has 1 heterocycles. The molecule has 0 spiro atoms. The maximum Gasteiger partial charge on any atom is 0.246 e. The van der Waals surface area contributed by atoms with E-state index in [9.17, 15) is 8.42 Å². The molecular weight excluding hydrogens is 318 g/mol. The molecule has 2 N–H and O–H groups in total. The molecule has 100 valence electrons. The lowest BCUT2D eigenvalue weighted by molar-refractivity contribution is 0.263. The van der Waals surface area contributed by atoms with E-state index < -0.39 is 10.0 Å². The third-order valence-electron chi connectivity index (χ3n) is 3.28. The first-order valence-corrected chi connectivity index (χ1v) is 8.02. The Bertz CT molecular complexity index is 543. The molecule has 18 heavy (non-hydrogen) atoms. The van der Waals surface area contributed by atoms with E-state index in [1.54, 1.807) is 7.05 Å². The highest BCUT2D eigenvalue weighted by atomic mass is 79.9. The SMILES string of the molecule is CN(CC1CCC1)S(=O)(=O)c1cc(Br)cnc1N. The van der Waals surface area contributed by atoms with Crippen molar-refractivity contribution in [1.82, 2.24) is 9.29 Å². The van der Waals surface area contributed by atoms with Crippen LogP contribution in [0, 0.1) is 5.92 Å². The van der Waals surface area contributed by atoms with Gasteiger partial charge in [0.05, 0.1) is 0 Å². The fourth-order valence-corrected chi connectivity index (χ4v) is 3.76. The number of hydrogen-bond acceptors (Lipinski definition) is 4. The van der Waals surface area contributed by atoms with Crippen molar-refractivity contribution < 1.29 is 8.42 Å². The lowest BCUT2D eigenvalue weighted by Gasteiger charge is -2.29. The van der Waals surface area contributed by atoms with Crippen molar-refractivity contribution in [3.8, 4) is 0 Å². The van der Waals surface area contributed by atoms with Crippen LogP contribution >= 0.6 is 15.9 Å². The Balaban J connectivity index is 2.25. The summed E-state index contributed by atoms with van der Waals surface area (Å²) in [6.45, 7) is 0.550. The summed E-state index contributed by atoms with van der Waals surface area (Å²) in [6.07, 6.45) is 4.89. The molecule has 0 radical (unpaired) electrons. The van der Waals surface area contributed by atoms with Gasteiger partial charge >= 0.3 is 0 Å². The van der Waals surface area contributed by atoms with Gasteiger partial charge in [-0.2, -0.15) is 0 Å². The molecule has 7 heteroatoms. The maximum absolute atomic E-state index is 12.4. The Morgan fingerprint density at radius 2 is 2.22 bits per heavy atom. The fourth-order valence-electron chi connectivity index (χ4n) is 1.94. The van der Waals surface area contributed by atoms with Crippen molar-refractivity contribution >= 4 is 31.8 Å². The Morgan fingerprint density at radius 3 is 2.78 bits per heavy atom. The number of nitrogen functional groups attached to an aromatic ring is 1. The van der Waals surface area contributed by atoms with E-state index in [4.69, 9.17) is 5.73 Å². The van der Waals surface area contributed by atoms with E-state index in [-0.39, 0.29) is 10.7 Å². The number of rotatable bonds is 4. The third-order valence-corrected chi connectivity index (χ3v) is 5.56. The normalized spacial score (nSPS) is 16.8. The van der Waals surface area contributed by atoms with Crippen molar-refractivity contribution in [3.05, 3.63) is 16.7 Å². The van der Waals surface area contributed by atoms with E-state index in [2.05, 4.69) is 20.9 Å². The summed E-state index contributed by atoms with van der Waals surface area (Å²) in [6, 6.07) is 1.49. The molecule has 0 unspecified atom stereocenters. The number of nitrogens with two attached hydrogens (primary N) is 1. The maximum atomic E-state index is 12.4. The summed E-state index contributed by atoms with van der Waals surface area (Å²) in [5.41, 5.74) is 5.65. The molecule has 1 aromatic heterocycles. The lowest BCUT2D eigenvalue weighted by Crippen LogP contribution is -2.34. The molecular formula is C11H16BrN3O2S. The summed E-state index contributed by atoms with van der Waals surface area (Å²) in [7, 11) is -1.96. The van der Waals surface area contributed by atoms with Crippen molar-refractivity contribution in [2.24, 2.45) is 5.92 Å². The Hall–Kier alpha value is -0.660. The largest absolute Gasteiger partial charge is 0.383 e. The number of anilines is 1. The quantitative estimate of drug-likeness (QED) is 0.912. The van der Waals surface area contributed by atoms with Gasteiger partial charge in [0.15, 0.2) is 0 Å². The molecule has 1 fully saturated rings. The standard InChI is InChI=1S/C11H16BrN3O2S/c1-15(7-8-3-2-4-8)18(16,17)10-5-9(12)6-14-11(10)13/h5-6,8H,2-4,7H2,1H3,(H2,13,14). The molecule has 0 bridgehead atoms. The van der Waals surface area contributed by atoms with Crippen LogP contribution < -0.4 is 5.73 Å². The van der Waals surface area contributed by atoms with E-state index in [1.807, 2.05) is 0 Å². The van der Waals surface area contributed by atoms with Crippen LogP contribution in [0.2, 0.25) is 0 Å². The molecule has 1 aliphatic rings. The van der Waals surface area contributed by atoms with Gasteiger partial charge in [0.25, 0.3) is 0 Å². The number of aromatic nitrogens is 1. The van der Waals surface area contributed by atoms with Crippen molar-refractivity contribution in [3.63, 3.8) is 0 Å². The van der Waals surface area contributed by atoms with E-state index in [1.165, 1.54) is 23.0 Å². The lowest BCUT2D eigenvalue weighted by atomic mass is 9.86. The van der Waals surface area contributed by atoms with Crippen LogP contribution in [0.25, 0.3) is 0 Å². The molecule has 2 rings (SSSR count). The summed E-state index contributed by atoms with van der Waals surface area (Å²) in [5.74, 6) is 0.518. The molecule has 0 aliphatic heterocycles. The molecule has 0 amide bonds. The van der Waals surface area contributed by atoms with Gasteiger partial charge in [-0.1, -0.05) is 6.42 Å². The zero-order valence-corrected chi connectivity index (χ0v) is 12.5. The van der Waals surface area contributed by atoms with Crippen LogP contribution in [0.15, 0.2) is 21.6 Å². The van der Waals surface area contributed by atoms with Crippen molar-refractivity contribution in [1.29, 1.82) is 0 Å². The van der Waals surface area contributed by atoms with E-state index in [0.29, 0.717) is 16.9 Å². The van der Waals surface area contributed by atoms with Crippen LogP contribution in [0.3, 0.4) is 0 Å². The highest BCUT2D eigenvalue weighted by Crippen LogP contribution is 2.29. The Kier molecular flexibility index (Phi) is 3.93. The molecule has 5 nitrogen and oxygen atoms in total. The molecule has 0 atom stereocenters. The van der Waals surface area contributed by atoms with Crippen molar-refractivity contribution in [2.45, 2.75) is 24.2 Å². The zero-order chi connectivity index (χ0) is 13.3. The zero-order valence-electron chi connectivity index (χ0n) is 10.1. The molecule has 0 saturated heterocycles. The van der Waals surface area contributed by atoms with Crippen LogP contribution in [0.4, 0.5) is 5.82 Å². The van der Waals surface area contributed by atoms with Gasteiger partial charge in [-0.05, 0) is 40.8 Å². The molecule has 1 aliphatic carbocycles. The number of nitrogens with zero attached hydrogens (tertiary/aromatic N) is 2. The van der Waals surface area contributed by atoms with Gasteiger partial charge in [-0.3, -0.25) is 0 Å². The smallest absolute Gasteiger partial charge is 0.246 e. The Labute approximate surface area is 116 Å². The van der Waals surface area contributed by atoms with Gasteiger partial charge in [0.2, 0.25) is 10.0 Å². The summed E-state index contributed by atoms with van der Waals surface area (Å²) in [4.78, 5) is 3.93. The van der Waals surface area contributed by atoms with Gasteiger partial charge in [-0.25, -0.2) is 17.7 Å². The monoisotopic (exact) mass is 333 g/mol.